The van der Waals surface area contributed by atoms with Crippen molar-refractivity contribution in [1.29, 1.82) is 0 Å². The number of rotatable bonds is 3. The van der Waals surface area contributed by atoms with Crippen LogP contribution in [0.5, 0.6) is 0 Å². The maximum Gasteiger partial charge on any atom is 0.160 e. The van der Waals surface area contributed by atoms with Gasteiger partial charge in [-0.05, 0) is 22.9 Å². The number of aromatic nitrogens is 2. The molecule has 118 valence electrons. The third-order valence-electron chi connectivity index (χ3n) is 3.55. The van der Waals surface area contributed by atoms with Crippen molar-refractivity contribution in [1.82, 2.24) is 10.3 Å². The number of hydrogen-bond acceptors (Lipinski definition) is 8. The second kappa shape index (κ2) is 6.39. The highest BCUT2D eigenvalue weighted by atomic mass is 16.6. The Bertz CT molecular complexity index is 774. The van der Waals surface area contributed by atoms with E-state index in [-0.39, 0.29) is 0 Å². The van der Waals surface area contributed by atoms with Crippen molar-refractivity contribution in [2.24, 2.45) is 15.4 Å². The molecule has 0 radical (unpaired) electrons. The Balaban J connectivity index is 1.84. The van der Waals surface area contributed by atoms with Crippen LogP contribution in [-0.4, -0.2) is 47.3 Å². The van der Waals surface area contributed by atoms with E-state index in [1.807, 2.05) is 43.3 Å². The van der Waals surface area contributed by atoms with Gasteiger partial charge in [0, 0.05) is 32.6 Å². The van der Waals surface area contributed by atoms with E-state index in [4.69, 9.17) is 9.84 Å². The van der Waals surface area contributed by atoms with Crippen molar-refractivity contribution in [2.75, 3.05) is 19.0 Å². The first kappa shape index (κ1) is 14.9. The fourth-order valence-corrected chi connectivity index (χ4v) is 2.26. The van der Waals surface area contributed by atoms with Gasteiger partial charge in [0.1, 0.15) is 17.1 Å². The standard InChI is InChI=1S/C15H16N6O2/c1-21(2)11-5-3-10(4-6-11)9-16-17-14-12(18-22)7-8-13-15(14)20-23-19-13/h3-6,9,22H,7-8H2,1-2H3/b16-9-,17-14+,18-12+. The molecular weight excluding hydrogens is 296 g/mol. The van der Waals surface area contributed by atoms with Crippen molar-refractivity contribution in [2.45, 2.75) is 12.8 Å². The zero-order valence-corrected chi connectivity index (χ0v) is 12.8. The monoisotopic (exact) mass is 312 g/mol. The van der Waals surface area contributed by atoms with E-state index < -0.39 is 0 Å². The predicted molar refractivity (Wildman–Crippen MR) is 86.7 cm³/mol. The molecule has 8 heteroatoms. The molecule has 0 aliphatic heterocycles. The number of fused-ring (bicyclic) bond motifs is 1. The molecule has 0 saturated heterocycles. The zero-order chi connectivity index (χ0) is 16.2. The summed E-state index contributed by atoms with van der Waals surface area (Å²) >= 11 is 0. The summed E-state index contributed by atoms with van der Waals surface area (Å²) in [6.45, 7) is 0. The fourth-order valence-electron chi connectivity index (χ4n) is 2.26. The third-order valence-corrected chi connectivity index (χ3v) is 3.55. The van der Waals surface area contributed by atoms with Crippen molar-refractivity contribution in [3.8, 4) is 0 Å². The van der Waals surface area contributed by atoms with Gasteiger partial charge in [-0.15, -0.1) is 5.10 Å². The normalized spacial score (nSPS) is 17.8. The number of hydrogen-bond donors (Lipinski definition) is 1. The zero-order valence-electron chi connectivity index (χ0n) is 12.8. The lowest BCUT2D eigenvalue weighted by Crippen LogP contribution is -2.23. The summed E-state index contributed by atoms with van der Waals surface area (Å²) in [5, 5.41) is 28.2. The van der Waals surface area contributed by atoms with Crippen molar-refractivity contribution in [3.05, 3.63) is 41.2 Å². The molecule has 8 nitrogen and oxygen atoms in total. The molecule has 0 saturated carbocycles. The molecule has 1 aliphatic rings. The predicted octanol–water partition coefficient (Wildman–Crippen LogP) is 1.74. The van der Waals surface area contributed by atoms with Crippen LogP contribution in [0.1, 0.15) is 23.4 Å². The molecule has 1 aliphatic carbocycles. The first-order valence-corrected chi connectivity index (χ1v) is 7.10. The smallest absolute Gasteiger partial charge is 0.160 e. The van der Waals surface area contributed by atoms with Crippen LogP contribution in [0.2, 0.25) is 0 Å². The van der Waals surface area contributed by atoms with E-state index in [0.29, 0.717) is 35.7 Å². The van der Waals surface area contributed by atoms with Crippen LogP contribution >= 0.6 is 0 Å². The molecule has 1 N–H and O–H groups in total. The Morgan fingerprint density at radius 2 is 1.96 bits per heavy atom. The summed E-state index contributed by atoms with van der Waals surface area (Å²) in [6, 6.07) is 7.89. The van der Waals surface area contributed by atoms with Crippen LogP contribution in [-0.2, 0) is 6.42 Å². The molecule has 2 aromatic rings. The lowest BCUT2D eigenvalue weighted by molar-refractivity contribution is 0.303. The van der Waals surface area contributed by atoms with Gasteiger partial charge >= 0.3 is 0 Å². The molecule has 3 rings (SSSR count). The van der Waals surface area contributed by atoms with E-state index in [9.17, 15) is 0 Å². The summed E-state index contributed by atoms with van der Waals surface area (Å²) in [5.41, 5.74) is 4.00. The quantitative estimate of drug-likeness (QED) is 0.528. The van der Waals surface area contributed by atoms with Gasteiger partial charge in [0.05, 0.1) is 6.21 Å². The average Bonchev–Trinajstić information content (AvgIpc) is 3.04. The highest BCUT2D eigenvalue weighted by molar-refractivity contribution is 6.48. The Labute approximate surface area is 132 Å². The summed E-state index contributed by atoms with van der Waals surface area (Å²) in [7, 11) is 3.97. The number of anilines is 1. The second-order valence-corrected chi connectivity index (χ2v) is 5.29. The minimum absolute atomic E-state index is 0.385. The SMILES string of the molecule is CN(C)c1ccc(\C=N/N=C2\C(=N\O)CCc3nonc32)cc1. The van der Waals surface area contributed by atoms with E-state index in [1.54, 1.807) is 6.21 Å². The molecule has 0 unspecified atom stereocenters. The van der Waals surface area contributed by atoms with Crippen LogP contribution in [0.3, 0.4) is 0 Å². The van der Waals surface area contributed by atoms with E-state index in [0.717, 1.165) is 11.3 Å². The Morgan fingerprint density at radius 3 is 2.65 bits per heavy atom. The summed E-state index contributed by atoms with van der Waals surface area (Å²) in [6.07, 6.45) is 2.75. The number of aryl methyl sites for hydroxylation is 1. The molecule has 0 spiro atoms. The molecular formula is C15H16N6O2. The number of nitrogens with zero attached hydrogens (tertiary/aromatic N) is 6. The Morgan fingerprint density at radius 1 is 1.17 bits per heavy atom. The molecule has 23 heavy (non-hydrogen) atoms. The highest BCUT2D eigenvalue weighted by Crippen LogP contribution is 2.17. The minimum Gasteiger partial charge on any atom is -0.411 e. The molecule has 1 heterocycles. The molecule has 0 bridgehead atoms. The number of oxime groups is 1. The maximum atomic E-state index is 9.10. The van der Waals surface area contributed by atoms with Crippen molar-refractivity contribution < 1.29 is 9.84 Å². The van der Waals surface area contributed by atoms with Crippen molar-refractivity contribution >= 4 is 23.3 Å². The van der Waals surface area contributed by atoms with Gasteiger partial charge in [-0.2, -0.15) is 5.10 Å². The summed E-state index contributed by atoms with van der Waals surface area (Å²) < 4.78 is 4.72. The summed E-state index contributed by atoms with van der Waals surface area (Å²) in [5.74, 6) is 0. The summed E-state index contributed by atoms with van der Waals surface area (Å²) in [4.78, 5) is 2.02. The molecule has 1 aromatic heterocycles. The first-order valence-electron chi connectivity index (χ1n) is 7.10. The van der Waals surface area contributed by atoms with E-state index in [1.165, 1.54) is 0 Å². The minimum atomic E-state index is 0.385. The van der Waals surface area contributed by atoms with Gasteiger partial charge in [-0.1, -0.05) is 22.4 Å². The van der Waals surface area contributed by atoms with Gasteiger partial charge < -0.3 is 10.1 Å². The molecule has 0 fully saturated rings. The van der Waals surface area contributed by atoms with Gasteiger partial charge in [0.2, 0.25) is 0 Å². The maximum absolute atomic E-state index is 9.10. The average molecular weight is 312 g/mol. The van der Waals surface area contributed by atoms with Crippen LogP contribution in [0.25, 0.3) is 0 Å². The topological polar surface area (TPSA) is 99.5 Å². The molecule has 0 atom stereocenters. The van der Waals surface area contributed by atoms with Crippen LogP contribution in [0, 0.1) is 0 Å². The third kappa shape index (κ3) is 3.10. The van der Waals surface area contributed by atoms with Gasteiger partial charge in [-0.25, -0.2) is 4.63 Å². The van der Waals surface area contributed by atoms with Crippen LogP contribution in [0.4, 0.5) is 5.69 Å². The Kier molecular flexibility index (Phi) is 4.13. The highest BCUT2D eigenvalue weighted by Gasteiger charge is 2.27. The van der Waals surface area contributed by atoms with E-state index in [2.05, 4.69) is 25.7 Å². The van der Waals surface area contributed by atoms with Gasteiger partial charge in [0.25, 0.3) is 0 Å². The second-order valence-electron chi connectivity index (χ2n) is 5.29. The van der Waals surface area contributed by atoms with Crippen molar-refractivity contribution in [3.63, 3.8) is 0 Å². The van der Waals surface area contributed by atoms with Crippen LogP contribution < -0.4 is 4.90 Å². The Hall–Kier alpha value is -3.03. The number of benzene rings is 1. The lowest BCUT2D eigenvalue weighted by atomic mass is 9.97. The molecule has 0 amide bonds. The fraction of sp³-hybridized carbons (Fsp3) is 0.267. The van der Waals surface area contributed by atoms with Gasteiger partial charge in [-0.3, -0.25) is 0 Å². The van der Waals surface area contributed by atoms with Crippen LogP contribution in [0.15, 0.2) is 44.3 Å². The van der Waals surface area contributed by atoms with E-state index >= 15 is 0 Å². The first-order chi connectivity index (χ1) is 11.2. The largest absolute Gasteiger partial charge is 0.411 e. The molecule has 1 aromatic carbocycles. The van der Waals surface area contributed by atoms with Gasteiger partial charge in [0.15, 0.2) is 5.69 Å². The lowest BCUT2D eigenvalue weighted by Gasteiger charge is -2.11.